The highest BCUT2D eigenvalue weighted by Gasteiger charge is 2.50. The van der Waals surface area contributed by atoms with Gasteiger partial charge in [-0.05, 0) is 24.5 Å². The summed E-state index contributed by atoms with van der Waals surface area (Å²) < 4.78 is 13.3. The van der Waals surface area contributed by atoms with Gasteiger partial charge in [0.25, 0.3) is 0 Å². The van der Waals surface area contributed by atoms with Crippen molar-refractivity contribution in [3.05, 3.63) is 35.6 Å². The van der Waals surface area contributed by atoms with Gasteiger partial charge in [0.1, 0.15) is 5.82 Å². The molecule has 1 nitrogen and oxygen atoms in total. The molecule has 1 saturated carbocycles. The minimum Gasteiger partial charge on any atom is -0.325 e. The van der Waals surface area contributed by atoms with Crippen LogP contribution >= 0.6 is 0 Å². The molecule has 1 aromatic rings. The Labute approximate surface area is 77.8 Å². The zero-order chi connectivity index (χ0) is 9.47. The van der Waals surface area contributed by atoms with Gasteiger partial charge in [0.15, 0.2) is 0 Å². The maximum Gasteiger partial charge on any atom is 0.126 e. The summed E-state index contributed by atoms with van der Waals surface area (Å²) in [6.07, 6.45) is 1.84. The molecule has 2 N–H and O–H groups in total. The Balaban J connectivity index is 2.25. The summed E-state index contributed by atoms with van der Waals surface area (Å²) in [6, 6.07) is 6.92. The first kappa shape index (κ1) is 8.70. The predicted molar refractivity (Wildman–Crippen MR) is 51.0 cm³/mol. The average molecular weight is 179 g/mol. The maximum atomic E-state index is 13.3. The van der Waals surface area contributed by atoms with Crippen LogP contribution in [-0.2, 0) is 0 Å². The zero-order valence-electron chi connectivity index (χ0n) is 7.76. The lowest BCUT2D eigenvalue weighted by atomic mass is 10.0. The Morgan fingerprint density at radius 1 is 1.54 bits per heavy atom. The van der Waals surface area contributed by atoms with Gasteiger partial charge in [0.2, 0.25) is 0 Å². The molecule has 1 aliphatic carbocycles. The Bertz CT molecular complexity index is 324. The van der Waals surface area contributed by atoms with Crippen molar-refractivity contribution in [2.24, 2.45) is 5.73 Å². The van der Waals surface area contributed by atoms with E-state index in [9.17, 15) is 4.39 Å². The first-order chi connectivity index (χ1) is 6.17. The SMILES string of the molecule is CC[C@@]1(N)C[C@H]1c1ccccc1F. The third-order valence-electron chi connectivity index (χ3n) is 3.06. The molecular formula is C11H14FN. The van der Waals surface area contributed by atoms with Gasteiger partial charge in [-0.1, -0.05) is 25.1 Å². The quantitative estimate of drug-likeness (QED) is 0.741. The van der Waals surface area contributed by atoms with Crippen LogP contribution in [0.15, 0.2) is 24.3 Å². The first-order valence-electron chi connectivity index (χ1n) is 4.70. The van der Waals surface area contributed by atoms with E-state index in [0.29, 0.717) is 0 Å². The summed E-state index contributed by atoms with van der Waals surface area (Å²) in [4.78, 5) is 0. The molecule has 0 radical (unpaired) electrons. The molecule has 2 atom stereocenters. The van der Waals surface area contributed by atoms with Crippen molar-refractivity contribution >= 4 is 0 Å². The number of nitrogens with two attached hydrogens (primary N) is 1. The molecule has 0 spiro atoms. The molecule has 1 fully saturated rings. The maximum absolute atomic E-state index is 13.3. The van der Waals surface area contributed by atoms with E-state index in [1.165, 1.54) is 6.07 Å². The van der Waals surface area contributed by atoms with Crippen LogP contribution in [0.4, 0.5) is 4.39 Å². The van der Waals surface area contributed by atoms with Gasteiger partial charge in [-0.3, -0.25) is 0 Å². The lowest BCUT2D eigenvalue weighted by molar-refractivity contribution is 0.583. The molecule has 70 valence electrons. The van der Waals surface area contributed by atoms with Crippen LogP contribution in [0.1, 0.15) is 31.2 Å². The van der Waals surface area contributed by atoms with Gasteiger partial charge in [-0.2, -0.15) is 0 Å². The van der Waals surface area contributed by atoms with Crippen molar-refractivity contribution in [1.29, 1.82) is 0 Å². The summed E-state index contributed by atoms with van der Waals surface area (Å²) in [6.45, 7) is 2.06. The van der Waals surface area contributed by atoms with Gasteiger partial charge in [-0.15, -0.1) is 0 Å². The van der Waals surface area contributed by atoms with E-state index in [4.69, 9.17) is 5.73 Å². The van der Waals surface area contributed by atoms with Crippen molar-refractivity contribution in [3.63, 3.8) is 0 Å². The van der Waals surface area contributed by atoms with E-state index >= 15 is 0 Å². The smallest absolute Gasteiger partial charge is 0.126 e. The number of rotatable bonds is 2. The Kier molecular flexibility index (Phi) is 1.88. The van der Waals surface area contributed by atoms with Crippen molar-refractivity contribution in [1.82, 2.24) is 0 Å². The monoisotopic (exact) mass is 179 g/mol. The van der Waals surface area contributed by atoms with Gasteiger partial charge in [-0.25, -0.2) is 4.39 Å². The van der Waals surface area contributed by atoms with Gasteiger partial charge in [0.05, 0.1) is 0 Å². The largest absolute Gasteiger partial charge is 0.325 e. The van der Waals surface area contributed by atoms with Crippen LogP contribution < -0.4 is 5.73 Å². The molecule has 1 aromatic carbocycles. The Morgan fingerprint density at radius 2 is 2.23 bits per heavy atom. The van der Waals surface area contributed by atoms with Crippen molar-refractivity contribution < 1.29 is 4.39 Å². The standard InChI is InChI=1S/C11H14FN/c1-2-11(13)7-9(11)8-5-3-4-6-10(8)12/h3-6,9H,2,7,13H2,1H3/t9-,11+/m0/s1. The molecule has 0 aromatic heterocycles. The van der Waals surface area contributed by atoms with Crippen LogP contribution in [0.2, 0.25) is 0 Å². The molecule has 0 amide bonds. The minimum absolute atomic E-state index is 0.117. The molecule has 2 rings (SSSR count). The normalized spacial score (nSPS) is 31.8. The number of halogens is 1. The predicted octanol–water partition coefficient (Wildman–Crippen LogP) is 2.42. The second kappa shape index (κ2) is 2.81. The Hall–Kier alpha value is -0.890. The van der Waals surface area contributed by atoms with E-state index in [-0.39, 0.29) is 17.3 Å². The highest BCUT2D eigenvalue weighted by atomic mass is 19.1. The molecule has 13 heavy (non-hydrogen) atoms. The summed E-state index contributed by atoms with van der Waals surface area (Å²) in [5.41, 5.74) is 6.67. The second-order valence-electron chi connectivity index (χ2n) is 3.86. The fourth-order valence-corrected chi connectivity index (χ4v) is 1.89. The average Bonchev–Trinajstić information content (AvgIpc) is 2.80. The molecule has 0 bridgehead atoms. The highest BCUT2D eigenvalue weighted by Crippen LogP contribution is 2.51. The molecular weight excluding hydrogens is 165 g/mol. The fraction of sp³-hybridized carbons (Fsp3) is 0.455. The highest BCUT2D eigenvalue weighted by molar-refractivity contribution is 5.33. The van der Waals surface area contributed by atoms with Crippen LogP contribution in [0.25, 0.3) is 0 Å². The molecule has 0 heterocycles. The van der Waals surface area contributed by atoms with Crippen molar-refractivity contribution in [2.45, 2.75) is 31.2 Å². The minimum atomic E-state index is -0.137. The molecule has 0 saturated heterocycles. The van der Waals surface area contributed by atoms with E-state index in [1.54, 1.807) is 6.07 Å². The fourth-order valence-electron chi connectivity index (χ4n) is 1.89. The third kappa shape index (κ3) is 1.35. The summed E-state index contributed by atoms with van der Waals surface area (Å²) in [7, 11) is 0. The summed E-state index contributed by atoms with van der Waals surface area (Å²) in [5, 5.41) is 0. The van der Waals surface area contributed by atoms with Gasteiger partial charge < -0.3 is 5.73 Å². The van der Waals surface area contributed by atoms with Gasteiger partial charge in [0, 0.05) is 11.5 Å². The topological polar surface area (TPSA) is 26.0 Å². The van der Waals surface area contributed by atoms with Crippen molar-refractivity contribution in [2.75, 3.05) is 0 Å². The second-order valence-corrected chi connectivity index (χ2v) is 3.86. The molecule has 0 aliphatic heterocycles. The van der Waals surface area contributed by atoms with Gasteiger partial charge >= 0.3 is 0 Å². The van der Waals surface area contributed by atoms with E-state index < -0.39 is 0 Å². The third-order valence-corrected chi connectivity index (χ3v) is 3.06. The zero-order valence-corrected chi connectivity index (χ0v) is 7.76. The lowest BCUT2D eigenvalue weighted by Crippen LogP contribution is -2.23. The number of hydrogen-bond acceptors (Lipinski definition) is 1. The van der Waals surface area contributed by atoms with Crippen LogP contribution in [0.5, 0.6) is 0 Å². The Morgan fingerprint density at radius 3 is 2.77 bits per heavy atom. The number of benzene rings is 1. The summed E-state index contributed by atoms with van der Waals surface area (Å²) in [5.74, 6) is 0.118. The summed E-state index contributed by atoms with van der Waals surface area (Å²) >= 11 is 0. The van der Waals surface area contributed by atoms with Crippen LogP contribution in [0.3, 0.4) is 0 Å². The number of hydrogen-bond donors (Lipinski definition) is 1. The molecule has 2 heteroatoms. The van der Waals surface area contributed by atoms with Crippen LogP contribution in [-0.4, -0.2) is 5.54 Å². The first-order valence-corrected chi connectivity index (χ1v) is 4.70. The van der Waals surface area contributed by atoms with E-state index in [2.05, 4.69) is 6.92 Å². The van der Waals surface area contributed by atoms with Crippen molar-refractivity contribution in [3.8, 4) is 0 Å². The van der Waals surface area contributed by atoms with E-state index in [0.717, 1.165) is 18.4 Å². The molecule has 0 unspecified atom stereocenters. The molecule has 1 aliphatic rings. The van der Waals surface area contributed by atoms with E-state index in [1.807, 2.05) is 12.1 Å². The van der Waals surface area contributed by atoms with Crippen LogP contribution in [0, 0.1) is 5.82 Å². The lowest BCUT2D eigenvalue weighted by Gasteiger charge is -2.08.